The summed E-state index contributed by atoms with van der Waals surface area (Å²) in [5.41, 5.74) is 2.04. The van der Waals surface area contributed by atoms with E-state index in [1.807, 2.05) is 18.2 Å². The molecular formula is C11H11NOS2. The van der Waals surface area contributed by atoms with E-state index in [2.05, 4.69) is 29.8 Å². The quantitative estimate of drug-likeness (QED) is 0.791. The third kappa shape index (κ3) is 2.52. The van der Waals surface area contributed by atoms with E-state index < -0.39 is 0 Å². The predicted molar refractivity (Wildman–Crippen MR) is 69.9 cm³/mol. The first-order valence-corrected chi connectivity index (χ1v) is 6.15. The van der Waals surface area contributed by atoms with E-state index in [0.29, 0.717) is 0 Å². The normalized spacial score (nSPS) is 11.5. The van der Waals surface area contributed by atoms with Crippen LogP contribution in [-0.2, 0) is 0 Å². The fourth-order valence-electron chi connectivity index (χ4n) is 1.36. The lowest BCUT2D eigenvalue weighted by atomic mass is 10.2. The van der Waals surface area contributed by atoms with Gasteiger partial charge in [0.25, 0.3) is 0 Å². The van der Waals surface area contributed by atoms with Crippen LogP contribution in [0.15, 0.2) is 29.1 Å². The van der Waals surface area contributed by atoms with E-state index >= 15 is 0 Å². The number of aromatic nitrogens is 1. The molecule has 0 fully saturated rings. The minimum Gasteiger partial charge on any atom is -0.312 e. The first-order valence-electron chi connectivity index (χ1n) is 4.70. The molecule has 0 atom stereocenters. The van der Waals surface area contributed by atoms with Crippen LogP contribution >= 0.6 is 24.0 Å². The summed E-state index contributed by atoms with van der Waals surface area (Å²) >= 11 is 5.38. The second-order valence-electron chi connectivity index (χ2n) is 3.18. The zero-order valence-electron chi connectivity index (χ0n) is 8.06. The highest BCUT2D eigenvalue weighted by Gasteiger charge is 1.98. The number of rotatable bonds is 3. The van der Waals surface area contributed by atoms with Gasteiger partial charge in [0, 0.05) is 0 Å². The van der Waals surface area contributed by atoms with Gasteiger partial charge < -0.3 is 4.98 Å². The van der Waals surface area contributed by atoms with Crippen LogP contribution in [0.1, 0.15) is 12.0 Å². The third-order valence-electron chi connectivity index (χ3n) is 2.05. The molecule has 4 heteroatoms. The van der Waals surface area contributed by atoms with Gasteiger partial charge in [0.1, 0.15) is 0 Å². The van der Waals surface area contributed by atoms with Crippen molar-refractivity contribution in [3.8, 4) is 0 Å². The van der Waals surface area contributed by atoms with Gasteiger partial charge in [-0.3, -0.25) is 4.79 Å². The largest absolute Gasteiger partial charge is 0.312 e. The zero-order chi connectivity index (χ0) is 10.7. The lowest BCUT2D eigenvalue weighted by Crippen LogP contribution is -1.89. The molecule has 0 aliphatic rings. The number of H-pyrrole nitrogens is 1. The molecule has 2 aromatic rings. The maximum Gasteiger partial charge on any atom is 0.305 e. The van der Waals surface area contributed by atoms with Crippen molar-refractivity contribution in [1.29, 1.82) is 0 Å². The zero-order valence-corrected chi connectivity index (χ0v) is 9.78. The van der Waals surface area contributed by atoms with Crippen LogP contribution in [0, 0.1) is 0 Å². The predicted octanol–water partition coefficient (Wildman–Crippen LogP) is 2.92. The number of nitrogens with one attached hydrogen (secondary N) is 1. The standard InChI is InChI=1S/C11H11NOS2/c13-11-12-9-5-4-8(3-1-2-6-14)7-10(9)15-11/h1,3-5,7,14H,2,6H2,(H,12,13). The smallest absolute Gasteiger partial charge is 0.305 e. The minimum absolute atomic E-state index is 0.00138. The number of hydrogen-bond donors (Lipinski definition) is 2. The van der Waals surface area contributed by atoms with Crippen LogP contribution in [0.2, 0.25) is 0 Å². The van der Waals surface area contributed by atoms with Gasteiger partial charge in [0.05, 0.1) is 10.2 Å². The van der Waals surface area contributed by atoms with E-state index in [9.17, 15) is 4.79 Å². The van der Waals surface area contributed by atoms with Gasteiger partial charge >= 0.3 is 4.87 Å². The Bertz CT molecular complexity index is 539. The number of hydrogen-bond acceptors (Lipinski definition) is 3. The molecule has 2 nitrogen and oxygen atoms in total. The summed E-state index contributed by atoms with van der Waals surface area (Å²) in [5.74, 6) is 0.857. The number of thiazole rings is 1. The first-order chi connectivity index (χ1) is 7.29. The van der Waals surface area contributed by atoms with Crippen LogP contribution in [0.4, 0.5) is 0 Å². The Hall–Kier alpha value is -1.00. The molecule has 2 rings (SSSR count). The molecule has 0 aliphatic carbocycles. The van der Waals surface area contributed by atoms with Crippen molar-refractivity contribution in [1.82, 2.24) is 4.98 Å². The molecule has 0 saturated carbocycles. The Morgan fingerprint density at radius 3 is 3.13 bits per heavy atom. The van der Waals surface area contributed by atoms with Crippen LogP contribution in [0.5, 0.6) is 0 Å². The summed E-state index contributed by atoms with van der Waals surface area (Å²) in [6, 6.07) is 5.96. The topological polar surface area (TPSA) is 32.9 Å². The highest BCUT2D eigenvalue weighted by atomic mass is 32.1. The molecule has 0 spiro atoms. The molecule has 1 aromatic carbocycles. The second-order valence-corrected chi connectivity index (χ2v) is 4.65. The van der Waals surface area contributed by atoms with E-state index in [0.717, 1.165) is 28.0 Å². The van der Waals surface area contributed by atoms with Crippen molar-refractivity contribution in [2.45, 2.75) is 6.42 Å². The highest BCUT2D eigenvalue weighted by Crippen LogP contribution is 2.17. The number of thiol groups is 1. The Labute approximate surface area is 97.1 Å². The molecule has 0 bridgehead atoms. The average molecular weight is 237 g/mol. The maximum atomic E-state index is 11.1. The SMILES string of the molecule is O=c1[nH]c2ccc(C=CCCS)cc2s1. The average Bonchev–Trinajstić information content (AvgIpc) is 2.57. The van der Waals surface area contributed by atoms with E-state index in [-0.39, 0.29) is 4.87 Å². The first kappa shape index (κ1) is 10.5. The number of allylic oxidation sites excluding steroid dienone is 1. The van der Waals surface area contributed by atoms with E-state index in [1.165, 1.54) is 11.3 Å². The Balaban J connectivity index is 2.34. The van der Waals surface area contributed by atoms with Gasteiger partial charge in [-0.1, -0.05) is 29.6 Å². The molecule has 0 amide bonds. The number of fused-ring (bicyclic) bond motifs is 1. The summed E-state index contributed by atoms with van der Waals surface area (Å²) in [5, 5.41) is 0. The van der Waals surface area contributed by atoms with Gasteiger partial charge in [0.2, 0.25) is 0 Å². The Kier molecular flexibility index (Phi) is 3.28. The molecule has 0 unspecified atom stereocenters. The van der Waals surface area contributed by atoms with Crippen molar-refractivity contribution in [3.63, 3.8) is 0 Å². The Morgan fingerprint density at radius 2 is 2.33 bits per heavy atom. The van der Waals surface area contributed by atoms with Gasteiger partial charge in [-0.25, -0.2) is 0 Å². The van der Waals surface area contributed by atoms with Crippen LogP contribution in [-0.4, -0.2) is 10.7 Å². The minimum atomic E-state index is 0.00138. The Morgan fingerprint density at radius 1 is 1.47 bits per heavy atom. The second kappa shape index (κ2) is 4.68. The molecular weight excluding hydrogens is 226 g/mol. The summed E-state index contributed by atoms with van der Waals surface area (Å²) < 4.78 is 1.01. The fourth-order valence-corrected chi connectivity index (χ4v) is 2.29. The third-order valence-corrected chi connectivity index (χ3v) is 3.15. The van der Waals surface area contributed by atoms with Crippen LogP contribution in [0.3, 0.4) is 0 Å². The van der Waals surface area contributed by atoms with Crippen LogP contribution < -0.4 is 4.87 Å². The molecule has 78 valence electrons. The van der Waals surface area contributed by atoms with Gasteiger partial charge in [0.15, 0.2) is 0 Å². The lowest BCUT2D eigenvalue weighted by Gasteiger charge is -1.93. The molecule has 1 N–H and O–H groups in total. The van der Waals surface area contributed by atoms with Crippen molar-refractivity contribution in [2.24, 2.45) is 0 Å². The van der Waals surface area contributed by atoms with E-state index in [4.69, 9.17) is 0 Å². The maximum absolute atomic E-state index is 11.1. The van der Waals surface area contributed by atoms with Gasteiger partial charge in [-0.05, 0) is 29.9 Å². The molecule has 0 aliphatic heterocycles. The molecule has 0 radical (unpaired) electrons. The van der Waals surface area contributed by atoms with Crippen LogP contribution in [0.25, 0.3) is 16.3 Å². The fraction of sp³-hybridized carbons (Fsp3) is 0.182. The number of aromatic amines is 1. The summed E-state index contributed by atoms with van der Waals surface area (Å²) in [6.07, 6.45) is 5.11. The van der Waals surface area contributed by atoms with Crippen molar-refractivity contribution in [2.75, 3.05) is 5.75 Å². The van der Waals surface area contributed by atoms with Crippen molar-refractivity contribution < 1.29 is 0 Å². The number of benzene rings is 1. The molecule has 1 heterocycles. The van der Waals surface area contributed by atoms with E-state index in [1.54, 1.807) is 0 Å². The monoisotopic (exact) mass is 237 g/mol. The van der Waals surface area contributed by atoms with Crippen molar-refractivity contribution >= 4 is 40.3 Å². The lowest BCUT2D eigenvalue weighted by molar-refractivity contribution is 1.26. The summed E-state index contributed by atoms with van der Waals surface area (Å²) in [4.78, 5) is 13.9. The van der Waals surface area contributed by atoms with Crippen molar-refractivity contribution in [3.05, 3.63) is 39.5 Å². The molecule has 0 saturated heterocycles. The van der Waals surface area contributed by atoms with Gasteiger partial charge in [-0.2, -0.15) is 12.6 Å². The summed E-state index contributed by atoms with van der Waals surface area (Å²) in [6.45, 7) is 0. The molecule has 15 heavy (non-hydrogen) atoms. The van der Waals surface area contributed by atoms with Gasteiger partial charge in [-0.15, -0.1) is 0 Å². The molecule has 1 aromatic heterocycles. The highest BCUT2D eigenvalue weighted by molar-refractivity contribution is 7.80. The summed E-state index contributed by atoms with van der Waals surface area (Å²) in [7, 11) is 0.